The Bertz CT molecular complexity index is 444. The minimum absolute atomic E-state index is 0.124. The van der Waals surface area contributed by atoms with E-state index in [0.717, 1.165) is 18.9 Å². The van der Waals surface area contributed by atoms with E-state index in [1.165, 1.54) is 12.1 Å². The molecule has 1 aliphatic carbocycles. The first kappa shape index (κ1) is 14.0. The molecule has 0 spiro atoms. The average Bonchev–Trinajstić information content (AvgIpc) is 3.14. The molecule has 0 heterocycles. The molecule has 1 aromatic carbocycles. The zero-order chi connectivity index (χ0) is 14.0. The normalized spacial score (nSPS) is 15.6. The number of halogens is 3. The van der Waals surface area contributed by atoms with E-state index in [9.17, 15) is 13.2 Å². The van der Waals surface area contributed by atoms with Gasteiger partial charge in [0.1, 0.15) is 0 Å². The molecule has 0 saturated heterocycles. The number of hydrogen-bond donors (Lipinski definition) is 1. The van der Waals surface area contributed by atoms with Gasteiger partial charge in [-0.25, -0.2) is 0 Å². The Morgan fingerprint density at radius 3 is 2.58 bits per heavy atom. The van der Waals surface area contributed by atoms with Crippen molar-refractivity contribution in [1.29, 1.82) is 0 Å². The summed E-state index contributed by atoms with van der Waals surface area (Å²) in [7, 11) is 1.54. The number of methoxy groups -OCH3 is 1. The molecule has 106 valence electrons. The summed E-state index contributed by atoms with van der Waals surface area (Å²) in [6.07, 6.45) is -2.55. The molecule has 1 aliphatic rings. The van der Waals surface area contributed by atoms with Crippen molar-refractivity contribution in [3.05, 3.63) is 23.8 Å². The Morgan fingerprint density at radius 2 is 2.05 bits per heavy atom. The number of hydrogen-bond acceptors (Lipinski definition) is 3. The number of nitrogen functional groups attached to an aromatic ring is 1. The number of alkyl halides is 3. The molecule has 2 rings (SSSR count). The second-order valence-corrected chi connectivity index (χ2v) is 4.69. The number of benzene rings is 1. The average molecular weight is 274 g/mol. The Balaban J connectivity index is 2.35. The first-order chi connectivity index (χ1) is 8.93. The number of rotatable bonds is 5. The van der Waals surface area contributed by atoms with Crippen LogP contribution in [0.15, 0.2) is 18.2 Å². The maximum absolute atomic E-state index is 13.1. The first-order valence-electron chi connectivity index (χ1n) is 6.16. The minimum Gasteiger partial charge on any atom is -0.399 e. The van der Waals surface area contributed by atoms with Gasteiger partial charge in [-0.3, -0.25) is 0 Å². The zero-order valence-electron chi connectivity index (χ0n) is 10.7. The van der Waals surface area contributed by atoms with Crippen LogP contribution in [0.2, 0.25) is 0 Å². The molecule has 19 heavy (non-hydrogen) atoms. The van der Waals surface area contributed by atoms with E-state index in [1.807, 2.05) is 0 Å². The summed E-state index contributed by atoms with van der Waals surface area (Å²) in [6, 6.07) is 4.14. The molecule has 0 bridgehead atoms. The quantitative estimate of drug-likeness (QED) is 0.839. The third kappa shape index (κ3) is 3.32. The highest BCUT2D eigenvalue weighted by atomic mass is 19.4. The first-order valence-corrected chi connectivity index (χ1v) is 6.16. The van der Waals surface area contributed by atoms with Gasteiger partial charge in [0, 0.05) is 31.1 Å². The van der Waals surface area contributed by atoms with E-state index in [4.69, 9.17) is 10.5 Å². The summed E-state index contributed by atoms with van der Waals surface area (Å²) in [5.74, 6) is 0. The fourth-order valence-corrected chi connectivity index (χ4v) is 2.11. The van der Waals surface area contributed by atoms with Crippen molar-refractivity contribution in [3.63, 3.8) is 0 Å². The molecular weight excluding hydrogens is 257 g/mol. The summed E-state index contributed by atoms with van der Waals surface area (Å²) in [5.41, 5.74) is 5.12. The van der Waals surface area contributed by atoms with E-state index in [2.05, 4.69) is 0 Å². The predicted octanol–water partition coefficient (Wildman–Crippen LogP) is 2.90. The third-order valence-corrected chi connectivity index (χ3v) is 3.16. The summed E-state index contributed by atoms with van der Waals surface area (Å²) < 4.78 is 44.2. The number of nitrogens with two attached hydrogens (primary N) is 1. The minimum atomic E-state index is -4.40. The molecule has 0 aliphatic heterocycles. The van der Waals surface area contributed by atoms with Gasteiger partial charge in [0.25, 0.3) is 0 Å². The van der Waals surface area contributed by atoms with Crippen LogP contribution in [-0.2, 0) is 10.9 Å². The van der Waals surface area contributed by atoms with Crippen LogP contribution in [-0.4, -0.2) is 26.3 Å². The van der Waals surface area contributed by atoms with Crippen molar-refractivity contribution >= 4 is 11.4 Å². The monoisotopic (exact) mass is 274 g/mol. The molecule has 0 amide bonds. The summed E-state index contributed by atoms with van der Waals surface area (Å²) >= 11 is 0. The lowest BCUT2D eigenvalue weighted by molar-refractivity contribution is -0.137. The van der Waals surface area contributed by atoms with Crippen LogP contribution in [0.5, 0.6) is 0 Å². The Morgan fingerprint density at radius 1 is 1.37 bits per heavy atom. The number of ether oxygens (including phenoxy) is 1. The van der Waals surface area contributed by atoms with Crippen molar-refractivity contribution < 1.29 is 17.9 Å². The van der Waals surface area contributed by atoms with Gasteiger partial charge >= 0.3 is 6.18 Å². The fourth-order valence-electron chi connectivity index (χ4n) is 2.11. The van der Waals surface area contributed by atoms with Gasteiger partial charge in [0.2, 0.25) is 0 Å². The molecule has 0 aromatic heterocycles. The lowest BCUT2D eigenvalue weighted by Gasteiger charge is -2.27. The van der Waals surface area contributed by atoms with Crippen LogP contribution in [0.3, 0.4) is 0 Å². The van der Waals surface area contributed by atoms with Crippen LogP contribution in [0, 0.1) is 0 Å². The molecule has 0 unspecified atom stereocenters. The highest BCUT2D eigenvalue weighted by molar-refractivity contribution is 5.62. The molecule has 1 aromatic rings. The van der Waals surface area contributed by atoms with Crippen LogP contribution in [0.4, 0.5) is 24.5 Å². The van der Waals surface area contributed by atoms with E-state index in [-0.39, 0.29) is 17.4 Å². The van der Waals surface area contributed by atoms with Crippen LogP contribution >= 0.6 is 0 Å². The SMILES string of the molecule is COCCN(c1ccc(N)cc1C(F)(F)F)C1CC1. The molecule has 2 N–H and O–H groups in total. The van der Waals surface area contributed by atoms with Gasteiger partial charge in [0.15, 0.2) is 0 Å². The van der Waals surface area contributed by atoms with Gasteiger partial charge in [0.05, 0.1) is 12.2 Å². The van der Waals surface area contributed by atoms with E-state index >= 15 is 0 Å². The van der Waals surface area contributed by atoms with Crippen molar-refractivity contribution in [1.82, 2.24) is 0 Å². The van der Waals surface area contributed by atoms with Gasteiger partial charge in [-0.15, -0.1) is 0 Å². The predicted molar refractivity (Wildman–Crippen MR) is 68.1 cm³/mol. The maximum Gasteiger partial charge on any atom is 0.418 e. The Hall–Kier alpha value is -1.43. The Labute approximate surface area is 110 Å². The smallest absolute Gasteiger partial charge is 0.399 e. The van der Waals surface area contributed by atoms with E-state index in [0.29, 0.717) is 13.2 Å². The van der Waals surface area contributed by atoms with Crippen LogP contribution in [0.1, 0.15) is 18.4 Å². The summed E-state index contributed by atoms with van der Waals surface area (Å²) in [6.45, 7) is 0.854. The Kier molecular flexibility index (Phi) is 3.89. The summed E-state index contributed by atoms with van der Waals surface area (Å²) in [4.78, 5) is 1.77. The van der Waals surface area contributed by atoms with Crippen molar-refractivity contribution in [2.75, 3.05) is 30.9 Å². The second kappa shape index (κ2) is 5.28. The maximum atomic E-state index is 13.1. The largest absolute Gasteiger partial charge is 0.418 e. The highest BCUT2D eigenvalue weighted by Crippen LogP contribution is 2.41. The third-order valence-electron chi connectivity index (χ3n) is 3.16. The molecular formula is C13H17F3N2O. The zero-order valence-corrected chi connectivity index (χ0v) is 10.7. The van der Waals surface area contributed by atoms with E-state index in [1.54, 1.807) is 12.0 Å². The lowest BCUT2D eigenvalue weighted by Crippen LogP contribution is -2.31. The van der Waals surface area contributed by atoms with Crippen molar-refractivity contribution in [2.45, 2.75) is 25.1 Å². The van der Waals surface area contributed by atoms with Crippen LogP contribution < -0.4 is 10.6 Å². The molecule has 0 radical (unpaired) electrons. The summed E-state index contributed by atoms with van der Waals surface area (Å²) in [5, 5.41) is 0. The molecule has 1 saturated carbocycles. The number of anilines is 2. The highest BCUT2D eigenvalue weighted by Gasteiger charge is 2.38. The van der Waals surface area contributed by atoms with Gasteiger partial charge in [-0.2, -0.15) is 13.2 Å². The van der Waals surface area contributed by atoms with Crippen molar-refractivity contribution in [2.24, 2.45) is 0 Å². The molecule has 1 fully saturated rings. The van der Waals surface area contributed by atoms with E-state index < -0.39 is 11.7 Å². The molecule has 0 atom stereocenters. The second-order valence-electron chi connectivity index (χ2n) is 4.69. The topological polar surface area (TPSA) is 38.5 Å². The standard InChI is InChI=1S/C13H17F3N2O/c1-19-7-6-18(10-3-4-10)12-5-2-9(17)8-11(12)13(14,15)16/h2,5,8,10H,3-4,6-7,17H2,1H3. The van der Waals surface area contributed by atoms with Crippen molar-refractivity contribution in [3.8, 4) is 0 Å². The molecule has 6 heteroatoms. The van der Waals surface area contributed by atoms with Gasteiger partial charge in [-0.1, -0.05) is 0 Å². The van der Waals surface area contributed by atoms with Crippen LogP contribution in [0.25, 0.3) is 0 Å². The number of nitrogens with zero attached hydrogens (tertiary/aromatic N) is 1. The lowest BCUT2D eigenvalue weighted by atomic mass is 10.1. The van der Waals surface area contributed by atoms with Gasteiger partial charge in [-0.05, 0) is 31.0 Å². The van der Waals surface area contributed by atoms with Gasteiger partial charge < -0.3 is 15.4 Å². The fraction of sp³-hybridized carbons (Fsp3) is 0.538. The molecule has 3 nitrogen and oxygen atoms in total.